The molecular formula is C21H24N2O3. The summed E-state index contributed by atoms with van der Waals surface area (Å²) in [5, 5.41) is 3.60. The number of hydrogen-bond acceptors (Lipinski definition) is 5. The van der Waals surface area contributed by atoms with Crippen LogP contribution in [-0.2, 0) is 19.7 Å². The van der Waals surface area contributed by atoms with E-state index in [9.17, 15) is 9.59 Å². The van der Waals surface area contributed by atoms with Crippen molar-refractivity contribution in [2.24, 2.45) is 11.3 Å². The molecule has 4 bridgehead atoms. The number of nitrogens with zero attached hydrogens (tertiary/aromatic N) is 1. The van der Waals surface area contributed by atoms with Crippen molar-refractivity contribution in [3.05, 3.63) is 29.8 Å². The van der Waals surface area contributed by atoms with E-state index in [1.54, 1.807) is 0 Å². The van der Waals surface area contributed by atoms with Gasteiger partial charge in [0.15, 0.2) is 0 Å². The molecule has 0 unspecified atom stereocenters. The number of hydrogen-bond donors (Lipinski definition) is 1. The number of ether oxygens (including phenoxy) is 1. The average molecular weight is 352 g/mol. The van der Waals surface area contributed by atoms with E-state index in [1.807, 2.05) is 12.1 Å². The first kappa shape index (κ1) is 15.2. The third-order valence-corrected chi connectivity index (χ3v) is 8.34. The molecule has 0 radical (unpaired) electrons. The van der Waals surface area contributed by atoms with Crippen LogP contribution in [0.25, 0.3) is 0 Å². The standard InChI is InChI=1S/C21H24N2O3/c1-26-18(25)20-9-8-19-7-4-10-23-12-14(16(24)11-19)21(20,17(19)23)13-5-2-3-6-15(13)22-20/h2-3,5-6,14,17,22H,4,7-12H2,1H3/t14-,17+,19-,20-,21+/m1/s1. The molecule has 0 amide bonds. The van der Waals surface area contributed by atoms with Crippen LogP contribution in [-0.4, -0.2) is 48.4 Å². The highest BCUT2D eigenvalue weighted by atomic mass is 16.5. The molecule has 1 N–H and O–H groups in total. The number of esters is 1. The molecule has 5 aliphatic rings. The van der Waals surface area contributed by atoms with E-state index in [1.165, 1.54) is 12.7 Å². The Balaban J connectivity index is 1.71. The quantitative estimate of drug-likeness (QED) is 0.785. The van der Waals surface area contributed by atoms with Gasteiger partial charge in [0, 0.05) is 30.6 Å². The Labute approximate surface area is 153 Å². The molecule has 5 nitrogen and oxygen atoms in total. The van der Waals surface area contributed by atoms with Crippen LogP contribution in [0.2, 0.25) is 0 Å². The van der Waals surface area contributed by atoms with Gasteiger partial charge in [-0.15, -0.1) is 0 Å². The van der Waals surface area contributed by atoms with Gasteiger partial charge in [0.05, 0.1) is 12.5 Å². The molecule has 26 heavy (non-hydrogen) atoms. The molecule has 2 saturated carbocycles. The fraction of sp³-hybridized carbons (Fsp3) is 0.619. The van der Waals surface area contributed by atoms with Gasteiger partial charge in [0.1, 0.15) is 11.3 Å². The lowest BCUT2D eigenvalue weighted by atomic mass is 9.41. The zero-order valence-electron chi connectivity index (χ0n) is 15.1. The van der Waals surface area contributed by atoms with Crippen molar-refractivity contribution in [2.45, 2.75) is 49.1 Å². The molecule has 6 rings (SSSR count). The fourth-order valence-corrected chi connectivity index (χ4v) is 7.77. The monoisotopic (exact) mass is 352 g/mol. The molecular weight excluding hydrogens is 328 g/mol. The van der Waals surface area contributed by atoms with Crippen molar-refractivity contribution in [2.75, 3.05) is 25.5 Å². The molecule has 1 spiro atoms. The van der Waals surface area contributed by atoms with Crippen molar-refractivity contribution in [3.8, 4) is 0 Å². The Hall–Kier alpha value is -1.88. The maximum atomic E-state index is 13.4. The van der Waals surface area contributed by atoms with E-state index >= 15 is 0 Å². The number of rotatable bonds is 1. The molecule has 2 aliphatic carbocycles. The van der Waals surface area contributed by atoms with E-state index in [0.29, 0.717) is 12.2 Å². The number of Topliss-reactive ketones (excluding diaryl/α,β-unsaturated/α-hetero) is 1. The van der Waals surface area contributed by atoms with Crippen LogP contribution in [0.1, 0.15) is 37.7 Å². The molecule has 5 atom stereocenters. The van der Waals surface area contributed by atoms with Crippen LogP contribution in [0.4, 0.5) is 5.69 Å². The van der Waals surface area contributed by atoms with E-state index in [4.69, 9.17) is 4.74 Å². The van der Waals surface area contributed by atoms with E-state index < -0.39 is 11.0 Å². The highest BCUT2D eigenvalue weighted by Gasteiger charge is 2.81. The predicted molar refractivity (Wildman–Crippen MR) is 95.9 cm³/mol. The van der Waals surface area contributed by atoms with Crippen molar-refractivity contribution >= 4 is 17.4 Å². The predicted octanol–water partition coefficient (Wildman–Crippen LogP) is 2.11. The number of benzene rings is 1. The van der Waals surface area contributed by atoms with E-state index in [2.05, 4.69) is 22.3 Å². The van der Waals surface area contributed by atoms with Crippen molar-refractivity contribution in [3.63, 3.8) is 0 Å². The molecule has 4 fully saturated rings. The second-order valence-electron chi connectivity index (χ2n) is 9.00. The van der Waals surface area contributed by atoms with Gasteiger partial charge in [-0.25, -0.2) is 4.79 Å². The lowest BCUT2D eigenvalue weighted by Gasteiger charge is -2.63. The molecule has 3 aliphatic heterocycles. The van der Waals surface area contributed by atoms with Gasteiger partial charge in [-0.3, -0.25) is 9.69 Å². The second kappa shape index (κ2) is 4.50. The maximum absolute atomic E-state index is 13.4. The van der Waals surface area contributed by atoms with Crippen molar-refractivity contribution < 1.29 is 14.3 Å². The SMILES string of the molecule is COC(=O)[C@]12CC[C@]34CCCN5C[C@H](C(=O)C3)[C@@]1(c1ccccc1N2)[C@@H]54. The first-order chi connectivity index (χ1) is 12.6. The van der Waals surface area contributed by atoms with Gasteiger partial charge < -0.3 is 10.1 Å². The van der Waals surface area contributed by atoms with Gasteiger partial charge in [0.25, 0.3) is 0 Å². The summed E-state index contributed by atoms with van der Waals surface area (Å²) in [6.07, 6.45) is 4.63. The Morgan fingerprint density at radius 3 is 2.96 bits per heavy atom. The van der Waals surface area contributed by atoms with Gasteiger partial charge >= 0.3 is 5.97 Å². The number of para-hydroxylation sites is 1. The summed E-state index contributed by atoms with van der Waals surface area (Å²) in [7, 11) is 1.48. The molecule has 2 saturated heterocycles. The normalized spacial score (nSPS) is 44.9. The van der Waals surface area contributed by atoms with Gasteiger partial charge in [-0.1, -0.05) is 18.2 Å². The third kappa shape index (κ3) is 1.33. The summed E-state index contributed by atoms with van der Waals surface area (Å²) < 4.78 is 5.36. The second-order valence-corrected chi connectivity index (χ2v) is 9.00. The largest absolute Gasteiger partial charge is 0.467 e. The minimum atomic E-state index is -0.813. The first-order valence-corrected chi connectivity index (χ1v) is 9.82. The number of carbonyl (C=O) groups is 2. The van der Waals surface area contributed by atoms with Gasteiger partial charge in [0.2, 0.25) is 0 Å². The van der Waals surface area contributed by atoms with Gasteiger partial charge in [-0.2, -0.15) is 0 Å². The van der Waals surface area contributed by atoms with Crippen LogP contribution in [0.5, 0.6) is 0 Å². The molecule has 3 heterocycles. The van der Waals surface area contributed by atoms with Gasteiger partial charge in [-0.05, 0) is 49.3 Å². The number of anilines is 1. The van der Waals surface area contributed by atoms with E-state index in [-0.39, 0.29) is 23.3 Å². The minimum absolute atomic E-state index is 0.0268. The summed E-state index contributed by atoms with van der Waals surface area (Å²) in [6.45, 7) is 1.83. The van der Waals surface area contributed by atoms with Crippen LogP contribution in [0.3, 0.4) is 0 Å². The van der Waals surface area contributed by atoms with E-state index in [0.717, 1.165) is 44.5 Å². The zero-order chi connectivity index (χ0) is 17.7. The average Bonchev–Trinajstić information content (AvgIpc) is 3.14. The number of piperidine rings is 1. The number of ketones is 1. The summed E-state index contributed by atoms with van der Waals surface area (Å²) in [5.74, 6) is 0.0424. The van der Waals surface area contributed by atoms with Crippen molar-refractivity contribution in [1.29, 1.82) is 0 Å². The lowest BCUT2D eigenvalue weighted by molar-refractivity contribution is -0.163. The summed E-state index contributed by atoms with van der Waals surface area (Å²) in [4.78, 5) is 29.2. The first-order valence-electron chi connectivity index (χ1n) is 9.82. The summed E-state index contributed by atoms with van der Waals surface area (Å²) in [6, 6.07) is 8.52. The molecule has 136 valence electrons. The van der Waals surface area contributed by atoms with Crippen LogP contribution >= 0.6 is 0 Å². The zero-order valence-corrected chi connectivity index (χ0v) is 15.1. The number of carbonyl (C=O) groups excluding carboxylic acids is 2. The van der Waals surface area contributed by atoms with Crippen LogP contribution in [0, 0.1) is 11.3 Å². The minimum Gasteiger partial charge on any atom is -0.467 e. The number of nitrogens with one attached hydrogen (secondary N) is 1. The Morgan fingerprint density at radius 1 is 1.27 bits per heavy atom. The topological polar surface area (TPSA) is 58.6 Å². The smallest absolute Gasteiger partial charge is 0.332 e. The van der Waals surface area contributed by atoms with Crippen LogP contribution < -0.4 is 5.32 Å². The third-order valence-electron chi connectivity index (χ3n) is 8.34. The Kier molecular flexibility index (Phi) is 2.63. The highest BCUT2D eigenvalue weighted by Crippen LogP contribution is 2.72. The Bertz CT molecular complexity index is 853. The summed E-state index contributed by atoms with van der Waals surface area (Å²) >= 11 is 0. The molecule has 1 aromatic carbocycles. The molecule has 0 aromatic heterocycles. The highest BCUT2D eigenvalue weighted by molar-refractivity contribution is 5.98. The molecule has 5 heteroatoms. The lowest BCUT2D eigenvalue weighted by Crippen LogP contribution is -2.75. The number of methoxy groups -OCH3 is 1. The summed E-state index contributed by atoms with van der Waals surface area (Å²) in [5.41, 5.74) is 0.915. The van der Waals surface area contributed by atoms with Crippen LogP contribution in [0.15, 0.2) is 24.3 Å². The maximum Gasteiger partial charge on any atom is 0.332 e. The number of fused-ring (bicyclic) bond motifs is 1. The fourth-order valence-electron chi connectivity index (χ4n) is 7.77. The Morgan fingerprint density at radius 2 is 2.12 bits per heavy atom. The molecule has 1 aromatic rings. The van der Waals surface area contributed by atoms with Crippen molar-refractivity contribution in [1.82, 2.24) is 4.90 Å².